The topological polar surface area (TPSA) is 64.6 Å². The Morgan fingerprint density at radius 3 is 2.67 bits per heavy atom. The highest BCUT2D eigenvalue weighted by atomic mass is 35.5. The molecule has 1 atom stereocenters. The van der Waals surface area contributed by atoms with E-state index in [0.717, 1.165) is 31.2 Å². The molecule has 3 rings (SSSR count). The van der Waals surface area contributed by atoms with Gasteiger partial charge in [0, 0.05) is 16.0 Å². The lowest BCUT2D eigenvalue weighted by molar-refractivity contribution is -0.123. The predicted octanol–water partition coefficient (Wildman–Crippen LogP) is 4.78. The fraction of sp³-hybridized carbons (Fsp3) is 0.400. The molecule has 144 valence electrons. The molecular weight excluding hydrogens is 386 g/mol. The molecule has 0 saturated carbocycles. The minimum Gasteiger partial charge on any atom is -0.495 e. The molecule has 1 aromatic carbocycles. The first-order chi connectivity index (χ1) is 12.9. The van der Waals surface area contributed by atoms with Gasteiger partial charge in [-0.15, -0.1) is 11.3 Å². The van der Waals surface area contributed by atoms with Crippen molar-refractivity contribution in [2.75, 3.05) is 12.4 Å². The van der Waals surface area contributed by atoms with Crippen molar-refractivity contribution in [3.05, 3.63) is 44.1 Å². The number of rotatable bonds is 5. The molecule has 7 heteroatoms. The number of hydrogen-bond donors (Lipinski definition) is 1. The number of amides is 1. The van der Waals surface area contributed by atoms with Gasteiger partial charge in [-0.2, -0.15) is 0 Å². The predicted molar refractivity (Wildman–Crippen MR) is 107 cm³/mol. The summed E-state index contributed by atoms with van der Waals surface area (Å²) in [5.74, 6) is -0.440. The van der Waals surface area contributed by atoms with Gasteiger partial charge in [0.15, 0.2) is 6.10 Å². The summed E-state index contributed by atoms with van der Waals surface area (Å²) in [6.45, 7) is 3.38. The van der Waals surface area contributed by atoms with Crippen molar-refractivity contribution >= 4 is 40.5 Å². The monoisotopic (exact) mass is 407 g/mol. The van der Waals surface area contributed by atoms with Crippen LogP contribution in [0.15, 0.2) is 18.2 Å². The summed E-state index contributed by atoms with van der Waals surface area (Å²) in [7, 11) is 1.50. The Morgan fingerprint density at radius 1 is 1.22 bits per heavy atom. The van der Waals surface area contributed by atoms with E-state index in [4.69, 9.17) is 21.1 Å². The number of carbonyl (C=O) groups is 2. The summed E-state index contributed by atoms with van der Waals surface area (Å²) < 4.78 is 10.6. The Morgan fingerprint density at radius 2 is 1.96 bits per heavy atom. The van der Waals surface area contributed by atoms with Crippen molar-refractivity contribution in [2.24, 2.45) is 0 Å². The number of nitrogens with one attached hydrogen (secondary N) is 1. The number of methoxy groups -OCH3 is 1. The minimum absolute atomic E-state index is 0.426. The number of esters is 1. The Hall–Kier alpha value is -2.05. The molecule has 1 heterocycles. The van der Waals surface area contributed by atoms with Gasteiger partial charge in [-0.1, -0.05) is 11.6 Å². The average molecular weight is 408 g/mol. The van der Waals surface area contributed by atoms with Crippen LogP contribution in [-0.2, 0) is 22.4 Å². The number of hydrogen-bond acceptors (Lipinski definition) is 5. The van der Waals surface area contributed by atoms with Gasteiger partial charge in [-0.25, -0.2) is 4.79 Å². The first kappa shape index (κ1) is 19.7. The van der Waals surface area contributed by atoms with Crippen LogP contribution >= 0.6 is 22.9 Å². The fourth-order valence-corrected chi connectivity index (χ4v) is 4.32. The lowest BCUT2D eigenvalue weighted by atomic mass is 9.99. The van der Waals surface area contributed by atoms with Crippen molar-refractivity contribution in [3.8, 4) is 5.75 Å². The molecule has 0 aliphatic heterocycles. The van der Waals surface area contributed by atoms with E-state index in [1.54, 1.807) is 19.1 Å². The van der Waals surface area contributed by atoms with Gasteiger partial charge in [0.2, 0.25) is 0 Å². The molecule has 0 fully saturated rings. The van der Waals surface area contributed by atoms with Crippen LogP contribution in [0.25, 0.3) is 0 Å². The number of carbonyl (C=O) groups excluding carboxylic acids is 2. The fourth-order valence-electron chi connectivity index (χ4n) is 3.03. The van der Waals surface area contributed by atoms with Crippen LogP contribution in [0.3, 0.4) is 0 Å². The average Bonchev–Trinajstić information content (AvgIpc) is 3.08. The summed E-state index contributed by atoms with van der Waals surface area (Å²) in [6, 6.07) is 5.26. The van der Waals surface area contributed by atoms with E-state index in [2.05, 4.69) is 5.32 Å². The number of ether oxygens (including phenoxy) is 2. The van der Waals surface area contributed by atoms with E-state index in [9.17, 15) is 9.59 Å². The number of fused-ring (bicyclic) bond motifs is 1. The Bertz CT molecular complexity index is 854. The Labute approximate surface area is 167 Å². The molecule has 0 spiro atoms. The highest BCUT2D eigenvalue weighted by molar-refractivity contribution is 7.14. The standard InChI is InChI=1S/C20H22ClNO4S/c1-11-8-15(16(25-3)10-14(11)21)22-19(23)12(2)26-20(24)18-9-13-6-4-5-7-17(13)27-18/h8-10,12H,4-7H2,1-3H3,(H,22,23). The number of aryl methyl sites for hydroxylation is 3. The summed E-state index contributed by atoms with van der Waals surface area (Å²) in [5.41, 5.74) is 2.53. The van der Waals surface area contributed by atoms with Gasteiger partial charge in [-0.3, -0.25) is 4.79 Å². The van der Waals surface area contributed by atoms with E-state index in [-0.39, 0.29) is 0 Å². The Kier molecular flexibility index (Phi) is 6.07. The minimum atomic E-state index is -0.933. The molecule has 5 nitrogen and oxygen atoms in total. The summed E-state index contributed by atoms with van der Waals surface area (Å²) >= 11 is 7.55. The smallest absolute Gasteiger partial charge is 0.349 e. The quantitative estimate of drug-likeness (QED) is 0.724. The second-order valence-corrected chi connectivity index (χ2v) is 8.15. The van der Waals surface area contributed by atoms with E-state index in [0.29, 0.717) is 21.3 Å². The van der Waals surface area contributed by atoms with Crippen molar-refractivity contribution in [2.45, 2.75) is 45.6 Å². The van der Waals surface area contributed by atoms with Gasteiger partial charge in [0.1, 0.15) is 10.6 Å². The Balaban J connectivity index is 1.66. The van der Waals surface area contributed by atoms with Gasteiger partial charge in [0.05, 0.1) is 12.8 Å². The molecule has 27 heavy (non-hydrogen) atoms. The third-order valence-electron chi connectivity index (χ3n) is 4.59. The third-order valence-corrected chi connectivity index (χ3v) is 6.21. The van der Waals surface area contributed by atoms with E-state index < -0.39 is 18.0 Å². The zero-order valence-electron chi connectivity index (χ0n) is 15.6. The van der Waals surface area contributed by atoms with Crippen LogP contribution in [0, 0.1) is 6.92 Å². The number of thiophene rings is 1. The first-order valence-electron chi connectivity index (χ1n) is 8.86. The zero-order valence-corrected chi connectivity index (χ0v) is 17.1. The van der Waals surface area contributed by atoms with Crippen molar-refractivity contribution < 1.29 is 19.1 Å². The van der Waals surface area contributed by atoms with Crippen LogP contribution in [0.2, 0.25) is 5.02 Å². The normalized spacial score (nSPS) is 14.2. The molecular formula is C20H22ClNO4S. The summed E-state index contributed by atoms with van der Waals surface area (Å²) in [5, 5.41) is 3.29. The summed E-state index contributed by atoms with van der Waals surface area (Å²) in [4.78, 5) is 26.7. The largest absolute Gasteiger partial charge is 0.495 e. The lowest BCUT2D eigenvalue weighted by Crippen LogP contribution is -2.30. The van der Waals surface area contributed by atoms with Gasteiger partial charge >= 0.3 is 5.97 Å². The molecule has 0 radical (unpaired) electrons. The molecule has 1 aromatic heterocycles. The molecule has 0 saturated heterocycles. The van der Waals surface area contributed by atoms with Crippen molar-refractivity contribution in [3.63, 3.8) is 0 Å². The number of anilines is 1. The number of benzene rings is 1. The molecule has 1 aliphatic rings. The SMILES string of the molecule is COc1cc(Cl)c(C)cc1NC(=O)C(C)OC(=O)c1cc2c(s1)CCCC2. The van der Waals surface area contributed by atoms with Crippen LogP contribution in [0.1, 0.15) is 45.4 Å². The molecule has 2 aromatic rings. The van der Waals surface area contributed by atoms with Crippen molar-refractivity contribution in [1.29, 1.82) is 0 Å². The van der Waals surface area contributed by atoms with Crippen LogP contribution in [0.4, 0.5) is 5.69 Å². The maximum absolute atomic E-state index is 12.5. The number of halogens is 1. The maximum atomic E-state index is 12.5. The maximum Gasteiger partial charge on any atom is 0.349 e. The second-order valence-electron chi connectivity index (χ2n) is 6.60. The lowest BCUT2D eigenvalue weighted by Gasteiger charge is -2.16. The molecule has 1 N–H and O–H groups in total. The zero-order chi connectivity index (χ0) is 19.6. The molecule has 1 unspecified atom stereocenters. The van der Waals surface area contributed by atoms with Gasteiger partial charge < -0.3 is 14.8 Å². The summed E-state index contributed by atoms with van der Waals surface area (Å²) in [6.07, 6.45) is 3.39. The van der Waals surface area contributed by atoms with Gasteiger partial charge in [-0.05, 0) is 62.8 Å². The van der Waals surface area contributed by atoms with Crippen LogP contribution < -0.4 is 10.1 Å². The molecule has 1 amide bonds. The third kappa shape index (κ3) is 4.45. The van der Waals surface area contributed by atoms with Crippen LogP contribution in [0.5, 0.6) is 5.75 Å². The van der Waals surface area contributed by atoms with E-state index in [1.165, 1.54) is 28.9 Å². The van der Waals surface area contributed by atoms with E-state index >= 15 is 0 Å². The first-order valence-corrected chi connectivity index (χ1v) is 10.1. The molecule has 1 aliphatic carbocycles. The van der Waals surface area contributed by atoms with Crippen LogP contribution in [-0.4, -0.2) is 25.1 Å². The highest BCUT2D eigenvalue weighted by Gasteiger charge is 2.23. The van der Waals surface area contributed by atoms with Gasteiger partial charge in [0.25, 0.3) is 5.91 Å². The second kappa shape index (κ2) is 8.31. The van der Waals surface area contributed by atoms with E-state index in [1.807, 2.05) is 13.0 Å². The van der Waals surface area contributed by atoms with Crippen molar-refractivity contribution in [1.82, 2.24) is 0 Å². The highest BCUT2D eigenvalue weighted by Crippen LogP contribution is 2.32. The molecule has 0 bridgehead atoms.